The Hall–Kier alpha value is -2.84. The highest BCUT2D eigenvalue weighted by Gasteiger charge is 2.34. The fourth-order valence-corrected chi connectivity index (χ4v) is 4.70. The summed E-state index contributed by atoms with van der Waals surface area (Å²) in [6.45, 7) is 11.9. The zero-order valence-corrected chi connectivity index (χ0v) is 21.5. The Morgan fingerprint density at radius 3 is 2.29 bits per heavy atom. The number of methoxy groups -OCH3 is 2. The van der Waals surface area contributed by atoms with E-state index in [4.69, 9.17) is 21.1 Å². The van der Waals surface area contributed by atoms with E-state index in [1.54, 1.807) is 14.2 Å². The van der Waals surface area contributed by atoms with Gasteiger partial charge in [0.2, 0.25) is 0 Å². The minimum atomic E-state index is -0.257. The van der Waals surface area contributed by atoms with Gasteiger partial charge in [-0.05, 0) is 73.5 Å². The third kappa shape index (κ3) is 4.83. The summed E-state index contributed by atoms with van der Waals surface area (Å²) < 4.78 is 13.0. The maximum Gasteiger partial charge on any atom is 0.173 e. The Kier molecular flexibility index (Phi) is 7.00. The number of aromatic nitrogens is 4. The molecule has 3 aromatic rings. The molecule has 4 rings (SSSR count). The van der Waals surface area contributed by atoms with Gasteiger partial charge in [0.25, 0.3) is 0 Å². The molecule has 34 heavy (non-hydrogen) atoms. The Labute approximate surface area is 206 Å². The van der Waals surface area contributed by atoms with Crippen LogP contribution in [0.1, 0.15) is 43.8 Å². The average Bonchev–Trinajstić information content (AvgIpc) is 3.31. The average molecular weight is 485 g/mol. The number of benzene rings is 2. The summed E-state index contributed by atoms with van der Waals surface area (Å²) in [6, 6.07) is 12.0. The molecule has 1 saturated heterocycles. The number of rotatable bonds is 6. The fourth-order valence-electron chi connectivity index (χ4n) is 4.53. The van der Waals surface area contributed by atoms with Crippen molar-refractivity contribution in [2.45, 2.75) is 39.3 Å². The fraction of sp³-hybridized carbons (Fsp3) is 0.480. The molecule has 182 valence electrons. The van der Waals surface area contributed by atoms with Gasteiger partial charge in [-0.25, -0.2) is 4.68 Å². The summed E-state index contributed by atoms with van der Waals surface area (Å²) in [5.41, 5.74) is 3.22. The molecule has 0 amide bonds. The second-order valence-corrected chi connectivity index (χ2v) is 10.0. The first kappa shape index (κ1) is 24.3. The van der Waals surface area contributed by atoms with E-state index >= 15 is 0 Å². The molecule has 8 nitrogen and oxygen atoms in total. The zero-order valence-electron chi connectivity index (χ0n) is 20.7. The van der Waals surface area contributed by atoms with Crippen molar-refractivity contribution in [3.05, 3.63) is 58.4 Å². The first-order valence-corrected chi connectivity index (χ1v) is 11.9. The van der Waals surface area contributed by atoms with Gasteiger partial charge >= 0.3 is 0 Å². The van der Waals surface area contributed by atoms with E-state index in [-0.39, 0.29) is 11.6 Å². The summed E-state index contributed by atoms with van der Waals surface area (Å²) in [6.07, 6.45) is 0. The molecule has 0 spiro atoms. The largest absolute Gasteiger partial charge is 0.493 e. The lowest BCUT2D eigenvalue weighted by atomic mass is 10.0. The second kappa shape index (κ2) is 9.80. The molecule has 0 unspecified atom stereocenters. The second-order valence-electron chi connectivity index (χ2n) is 9.59. The van der Waals surface area contributed by atoms with E-state index < -0.39 is 0 Å². The van der Waals surface area contributed by atoms with Crippen LogP contribution in [0.3, 0.4) is 0 Å². The number of ether oxygens (including phenoxy) is 2. The molecule has 1 fully saturated rings. The van der Waals surface area contributed by atoms with Crippen molar-refractivity contribution in [1.29, 1.82) is 0 Å². The molecule has 0 N–H and O–H groups in total. The van der Waals surface area contributed by atoms with Gasteiger partial charge in [0, 0.05) is 36.9 Å². The number of anilines is 1. The SMILES string of the molecule is COc1ccc([C@H](c2nnnn2C(C)(C)C)N2CCN(c3cc(Cl)ccc3C)CC2)cc1OC. The van der Waals surface area contributed by atoms with E-state index in [0.29, 0.717) is 11.5 Å². The van der Waals surface area contributed by atoms with Gasteiger partial charge in [-0.3, -0.25) is 4.90 Å². The van der Waals surface area contributed by atoms with Gasteiger partial charge in [-0.2, -0.15) is 0 Å². The molecule has 0 bridgehead atoms. The smallest absolute Gasteiger partial charge is 0.173 e. The highest BCUT2D eigenvalue weighted by Crippen LogP contribution is 2.36. The summed E-state index contributed by atoms with van der Waals surface area (Å²) in [5.74, 6) is 2.20. The molecule has 0 saturated carbocycles. The molecule has 0 radical (unpaired) electrons. The van der Waals surface area contributed by atoms with Crippen LogP contribution in [0.25, 0.3) is 0 Å². The van der Waals surface area contributed by atoms with Gasteiger partial charge in [0.15, 0.2) is 17.3 Å². The maximum atomic E-state index is 6.29. The Morgan fingerprint density at radius 1 is 0.941 bits per heavy atom. The molecule has 9 heteroatoms. The predicted molar refractivity (Wildman–Crippen MR) is 134 cm³/mol. The lowest BCUT2D eigenvalue weighted by Crippen LogP contribution is -2.49. The Morgan fingerprint density at radius 2 is 1.65 bits per heavy atom. The van der Waals surface area contributed by atoms with Gasteiger partial charge in [-0.15, -0.1) is 5.10 Å². The third-order valence-corrected chi connectivity index (χ3v) is 6.52. The highest BCUT2D eigenvalue weighted by molar-refractivity contribution is 6.30. The number of halogens is 1. The van der Waals surface area contributed by atoms with E-state index in [0.717, 1.165) is 42.6 Å². The van der Waals surface area contributed by atoms with Crippen LogP contribution in [0.15, 0.2) is 36.4 Å². The van der Waals surface area contributed by atoms with Crippen LogP contribution in [0.2, 0.25) is 5.02 Å². The van der Waals surface area contributed by atoms with Crippen molar-refractivity contribution >= 4 is 17.3 Å². The first-order valence-electron chi connectivity index (χ1n) is 11.5. The number of piperazine rings is 1. The predicted octanol–water partition coefficient (Wildman–Crippen LogP) is 4.32. The minimum absolute atomic E-state index is 0.128. The molecule has 1 atom stereocenters. The van der Waals surface area contributed by atoms with E-state index in [2.05, 4.69) is 71.2 Å². The standard InChI is InChI=1S/C25H33ClN6O2/c1-17-7-9-19(26)16-20(17)30-11-13-31(14-12-30)23(24-27-28-29-32(24)25(2,3)4)18-8-10-21(33-5)22(15-18)34-6/h7-10,15-16,23H,11-14H2,1-6H3/t23-/m1/s1. The van der Waals surface area contributed by atoms with Crippen molar-refractivity contribution in [3.63, 3.8) is 0 Å². The van der Waals surface area contributed by atoms with Crippen molar-refractivity contribution in [2.75, 3.05) is 45.3 Å². The summed E-state index contributed by atoms with van der Waals surface area (Å²) in [7, 11) is 3.30. The molecular weight excluding hydrogens is 452 g/mol. The van der Waals surface area contributed by atoms with Crippen LogP contribution in [0, 0.1) is 6.92 Å². The minimum Gasteiger partial charge on any atom is -0.493 e. The van der Waals surface area contributed by atoms with E-state index in [1.807, 2.05) is 22.9 Å². The summed E-state index contributed by atoms with van der Waals surface area (Å²) in [5, 5.41) is 13.6. The molecule has 1 aliphatic heterocycles. The van der Waals surface area contributed by atoms with Crippen LogP contribution < -0.4 is 14.4 Å². The molecule has 2 aromatic carbocycles. The van der Waals surface area contributed by atoms with Crippen LogP contribution in [-0.2, 0) is 5.54 Å². The topological polar surface area (TPSA) is 68.5 Å². The van der Waals surface area contributed by atoms with Crippen LogP contribution in [0.5, 0.6) is 11.5 Å². The van der Waals surface area contributed by atoms with Crippen molar-refractivity contribution < 1.29 is 9.47 Å². The lowest BCUT2D eigenvalue weighted by molar-refractivity contribution is 0.191. The van der Waals surface area contributed by atoms with Crippen LogP contribution in [-0.4, -0.2) is 65.5 Å². The quantitative estimate of drug-likeness (QED) is 0.516. The van der Waals surface area contributed by atoms with E-state index in [1.165, 1.54) is 11.3 Å². The number of tetrazole rings is 1. The van der Waals surface area contributed by atoms with Gasteiger partial charge in [-0.1, -0.05) is 23.7 Å². The van der Waals surface area contributed by atoms with Crippen LogP contribution in [0.4, 0.5) is 5.69 Å². The van der Waals surface area contributed by atoms with Gasteiger partial charge in [0.05, 0.1) is 25.8 Å². The highest BCUT2D eigenvalue weighted by atomic mass is 35.5. The summed E-state index contributed by atoms with van der Waals surface area (Å²) in [4.78, 5) is 4.83. The van der Waals surface area contributed by atoms with E-state index in [9.17, 15) is 0 Å². The third-order valence-electron chi connectivity index (χ3n) is 6.29. The number of aryl methyl sites for hydroxylation is 1. The Balaban J connectivity index is 1.69. The number of hydrogen-bond acceptors (Lipinski definition) is 7. The van der Waals surface area contributed by atoms with Crippen molar-refractivity contribution in [2.24, 2.45) is 0 Å². The molecule has 0 aliphatic carbocycles. The van der Waals surface area contributed by atoms with Crippen molar-refractivity contribution in [3.8, 4) is 11.5 Å². The molecule has 2 heterocycles. The number of hydrogen-bond donors (Lipinski definition) is 0. The number of nitrogens with zero attached hydrogens (tertiary/aromatic N) is 6. The van der Waals surface area contributed by atoms with Crippen LogP contribution >= 0.6 is 11.6 Å². The van der Waals surface area contributed by atoms with Crippen molar-refractivity contribution in [1.82, 2.24) is 25.1 Å². The Bertz CT molecular complexity index is 1130. The molecule has 1 aliphatic rings. The molecule has 1 aromatic heterocycles. The molecular formula is C25H33ClN6O2. The summed E-state index contributed by atoms with van der Waals surface area (Å²) >= 11 is 6.29. The zero-order chi connectivity index (χ0) is 24.5. The normalized spacial score (nSPS) is 15.9. The van der Waals surface area contributed by atoms with Gasteiger partial charge < -0.3 is 14.4 Å². The lowest BCUT2D eigenvalue weighted by Gasteiger charge is -2.41. The maximum absolute atomic E-state index is 6.29. The van der Waals surface area contributed by atoms with Gasteiger partial charge in [0.1, 0.15) is 0 Å². The monoisotopic (exact) mass is 484 g/mol. The first-order chi connectivity index (χ1) is 16.2.